The molecule has 1 aliphatic heterocycles. The molecular weight excluding hydrogens is 411 g/mol. The Morgan fingerprint density at radius 1 is 1.10 bits per heavy atom. The maximum atomic E-state index is 12.4. The van der Waals surface area contributed by atoms with Gasteiger partial charge in [-0.25, -0.2) is 9.97 Å². The minimum Gasteiger partial charge on any atom is -0.406 e. The van der Waals surface area contributed by atoms with Crippen LogP contribution in [0.3, 0.4) is 0 Å². The van der Waals surface area contributed by atoms with Gasteiger partial charge in [-0.15, -0.1) is 13.2 Å². The van der Waals surface area contributed by atoms with Gasteiger partial charge in [0.2, 0.25) is 0 Å². The molecular formula is C20H22F3N7O. The predicted molar refractivity (Wildman–Crippen MR) is 108 cm³/mol. The number of rotatable bonds is 6. The van der Waals surface area contributed by atoms with Crippen LogP contribution in [0.15, 0.2) is 49.2 Å². The highest BCUT2D eigenvalue weighted by molar-refractivity contribution is 5.74. The van der Waals surface area contributed by atoms with Crippen LogP contribution in [-0.4, -0.2) is 64.2 Å². The van der Waals surface area contributed by atoms with Gasteiger partial charge >= 0.3 is 6.36 Å². The van der Waals surface area contributed by atoms with E-state index in [9.17, 15) is 13.2 Å². The Morgan fingerprint density at radius 3 is 2.45 bits per heavy atom. The van der Waals surface area contributed by atoms with Crippen LogP contribution in [0, 0.1) is 0 Å². The fourth-order valence-corrected chi connectivity index (χ4v) is 3.81. The number of ether oxygens (including phenoxy) is 1. The van der Waals surface area contributed by atoms with Crippen molar-refractivity contribution in [2.75, 3.05) is 37.6 Å². The molecule has 1 fully saturated rings. The summed E-state index contributed by atoms with van der Waals surface area (Å²) in [5, 5.41) is 6.80. The second-order valence-electron chi connectivity index (χ2n) is 7.14. The first-order valence-electron chi connectivity index (χ1n) is 9.78. The van der Waals surface area contributed by atoms with Crippen molar-refractivity contribution in [2.45, 2.75) is 12.4 Å². The summed E-state index contributed by atoms with van der Waals surface area (Å²) in [5.74, 6) is 0.598. The molecule has 0 amide bonds. The number of piperazine rings is 1. The lowest BCUT2D eigenvalue weighted by molar-refractivity contribution is -0.274. The van der Waals surface area contributed by atoms with Crippen LogP contribution < -0.4 is 15.4 Å². The van der Waals surface area contributed by atoms with Crippen molar-refractivity contribution >= 4 is 5.82 Å². The maximum Gasteiger partial charge on any atom is 0.573 e. The number of aromatic nitrogens is 4. The van der Waals surface area contributed by atoms with Crippen LogP contribution in [0.5, 0.6) is 5.75 Å². The molecule has 31 heavy (non-hydrogen) atoms. The normalized spacial score (nSPS) is 16.3. The molecule has 1 aliphatic rings. The van der Waals surface area contributed by atoms with E-state index in [-0.39, 0.29) is 11.8 Å². The first-order chi connectivity index (χ1) is 14.9. The molecule has 8 nitrogen and oxygen atoms in total. The van der Waals surface area contributed by atoms with E-state index in [0.717, 1.165) is 48.7 Å². The highest BCUT2D eigenvalue weighted by Gasteiger charge is 2.31. The minimum atomic E-state index is -4.71. The van der Waals surface area contributed by atoms with E-state index in [2.05, 4.69) is 34.7 Å². The number of halogens is 3. The number of anilines is 1. The van der Waals surface area contributed by atoms with E-state index in [1.165, 1.54) is 18.5 Å². The van der Waals surface area contributed by atoms with E-state index in [0.29, 0.717) is 6.54 Å². The summed E-state index contributed by atoms with van der Waals surface area (Å²) in [7, 11) is 0. The fraction of sp³-hybridized carbons (Fsp3) is 0.350. The van der Waals surface area contributed by atoms with Crippen LogP contribution in [0.25, 0.3) is 11.1 Å². The Kier molecular flexibility index (Phi) is 6.05. The standard InChI is InChI=1S/C20H22F3N7O/c21-20(22,23)31-16-3-1-14(2-4-16)18(9-24)29-5-7-30(8-6-29)19-17(12-25-13-26-19)15-10-27-28-11-15/h1-4,10-13,18H,5-9,24H2,(H,27,28). The van der Waals surface area contributed by atoms with Gasteiger partial charge in [-0.2, -0.15) is 5.10 Å². The molecule has 1 atom stereocenters. The summed E-state index contributed by atoms with van der Waals surface area (Å²) in [4.78, 5) is 13.0. The Balaban J connectivity index is 1.44. The smallest absolute Gasteiger partial charge is 0.406 e. The van der Waals surface area contributed by atoms with Crippen molar-refractivity contribution < 1.29 is 17.9 Å². The number of aromatic amines is 1. The SMILES string of the molecule is NCC(c1ccc(OC(F)(F)F)cc1)N1CCN(c2ncncc2-c2cn[nH]c2)CC1. The number of nitrogens with two attached hydrogens (primary N) is 1. The Morgan fingerprint density at radius 2 is 1.84 bits per heavy atom. The Labute approximate surface area is 176 Å². The number of H-pyrrole nitrogens is 1. The minimum absolute atomic E-state index is 0.0965. The van der Waals surface area contributed by atoms with Crippen LogP contribution in [-0.2, 0) is 0 Å². The van der Waals surface area contributed by atoms with E-state index >= 15 is 0 Å². The molecule has 1 unspecified atom stereocenters. The molecule has 1 saturated heterocycles. The maximum absolute atomic E-state index is 12.4. The molecule has 1 aromatic carbocycles. The summed E-state index contributed by atoms with van der Waals surface area (Å²) in [6, 6.07) is 5.80. The Bertz CT molecular complexity index is 971. The van der Waals surface area contributed by atoms with Crippen LogP contribution in [0.1, 0.15) is 11.6 Å². The van der Waals surface area contributed by atoms with Crippen molar-refractivity contribution in [2.24, 2.45) is 5.73 Å². The van der Waals surface area contributed by atoms with Gasteiger partial charge in [0.25, 0.3) is 0 Å². The third-order valence-corrected chi connectivity index (χ3v) is 5.28. The van der Waals surface area contributed by atoms with Gasteiger partial charge in [-0.05, 0) is 17.7 Å². The van der Waals surface area contributed by atoms with Gasteiger partial charge in [0, 0.05) is 62.3 Å². The van der Waals surface area contributed by atoms with Crippen molar-refractivity contribution in [3.05, 3.63) is 54.7 Å². The van der Waals surface area contributed by atoms with E-state index < -0.39 is 6.36 Å². The summed E-state index contributed by atoms with van der Waals surface area (Å²) in [6.45, 7) is 3.28. The number of nitrogens with zero attached hydrogens (tertiary/aromatic N) is 5. The van der Waals surface area contributed by atoms with Crippen molar-refractivity contribution in [3.63, 3.8) is 0 Å². The van der Waals surface area contributed by atoms with Crippen LogP contribution in [0.4, 0.5) is 19.0 Å². The molecule has 0 saturated carbocycles. The zero-order chi connectivity index (χ0) is 21.8. The summed E-state index contributed by atoms with van der Waals surface area (Å²) < 4.78 is 41.1. The Hall–Kier alpha value is -3.18. The van der Waals surface area contributed by atoms with Crippen molar-refractivity contribution in [1.29, 1.82) is 0 Å². The largest absolute Gasteiger partial charge is 0.573 e. The molecule has 3 aromatic rings. The molecule has 2 aromatic heterocycles. The molecule has 3 N–H and O–H groups in total. The topological polar surface area (TPSA) is 96.2 Å². The number of hydrogen-bond acceptors (Lipinski definition) is 7. The number of hydrogen-bond donors (Lipinski definition) is 2. The average Bonchev–Trinajstić information content (AvgIpc) is 3.30. The molecule has 0 spiro atoms. The summed E-state index contributed by atoms with van der Waals surface area (Å²) in [5.41, 5.74) is 8.68. The molecule has 164 valence electrons. The van der Waals surface area contributed by atoms with E-state index in [1.807, 2.05) is 0 Å². The van der Waals surface area contributed by atoms with Gasteiger partial charge in [-0.1, -0.05) is 12.1 Å². The highest BCUT2D eigenvalue weighted by atomic mass is 19.4. The van der Waals surface area contributed by atoms with Gasteiger partial charge in [-0.3, -0.25) is 10.00 Å². The summed E-state index contributed by atoms with van der Waals surface area (Å²) >= 11 is 0. The lowest BCUT2D eigenvalue weighted by Gasteiger charge is -2.40. The number of nitrogens with one attached hydrogen (secondary N) is 1. The average molecular weight is 433 g/mol. The van der Waals surface area contributed by atoms with Crippen LogP contribution >= 0.6 is 0 Å². The lowest BCUT2D eigenvalue weighted by Crippen LogP contribution is -2.49. The third-order valence-electron chi connectivity index (χ3n) is 5.28. The first kappa shape index (κ1) is 21.1. The van der Waals surface area contributed by atoms with Gasteiger partial charge in [0.1, 0.15) is 17.9 Å². The van der Waals surface area contributed by atoms with Gasteiger partial charge < -0.3 is 15.4 Å². The quantitative estimate of drug-likeness (QED) is 0.617. The highest BCUT2D eigenvalue weighted by Crippen LogP contribution is 2.30. The molecule has 3 heterocycles. The fourth-order valence-electron chi connectivity index (χ4n) is 3.81. The second kappa shape index (κ2) is 8.90. The predicted octanol–water partition coefficient (Wildman–Crippen LogP) is 2.59. The number of alkyl halides is 3. The second-order valence-corrected chi connectivity index (χ2v) is 7.14. The first-order valence-corrected chi connectivity index (χ1v) is 9.78. The third kappa shape index (κ3) is 4.94. The monoisotopic (exact) mass is 433 g/mol. The van der Waals surface area contributed by atoms with E-state index in [1.54, 1.807) is 30.7 Å². The molecule has 0 radical (unpaired) electrons. The number of benzene rings is 1. The summed E-state index contributed by atoms with van der Waals surface area (Å²) in [6.07, 6.45) is 2.12. The van der Waals surface area contributed by atoms with Crippen molar-refractivity contribution in [3.8, 4) is 16.9 Å². The van der Waals surface area contributed by atoms with Crippen molar-refractivity contribution in [1.82, 2.24) is 25.1 Å². The lowest BCUT2D eigenvalue weighted by atomic mass is 10.0. The molecule has 0 aliphatic carbocycles. The van der Waals surface area contributed by atoms with E-state index in [4.69, 9.17) is 5.73 Å². The zero-order valence-corrected chi connectivity index (χ0v) is 16.6. The van der Waals surface area contributed by atoms with Crippen LogP contribution in [0.2, 0.25) is 0 Å². The molecule has 4 rings (SSSR count). The zero-order valence-electron chi connectivity index (χ0n) is 16.6. The molecule has 11 heteroatoms. The molecule has 0 bridgehead atoms. The van der Waals surface area contributed by atoms with Gasteiger partial charge in [0.15, 0.2) is 0 Å². The van der Waals surface area contributed by atoms with Gasteiger partial charge in [0.05, 0.1) is 6.20 Å².